The van der Waals surface area contributed by atoms with Gasteiger partial charge in [0.2, 0.25) is 0 Å². The van der Waals surface area contributed by atoms with Gasteiger partial charge in [-0.2, -0.15) is 0 Å². The Balaban J connectivity index is 5.89. The van der Waals surface area contributed by atoms with Crippen molar-refractivity contribution in [3.8, 4) is 0 Å². The van der Waals surface area contributed by atoms with Gasteiger partial charge in [-0.1, -0.05) is 33.6 Å². The first kappa shape index (κ1) is 33.5. The van der Waals surface area contributed by atoms with Gasteiger partial charge < -0.3 is 33.5 Å². The zero-order valence-electron chi connectivity index (χ0n) is 21.4. The van der Waals surface area contributed by atoms with Crippen molar-refractivity contribution in [2.75, 3.05) is 52.9 Å². The third-order valence-corrected chi connectivity index (χ3v) is 4.87. The molecule has 0 aliphatic rings. The van der Waals surface area contributed by atoms with Crippen LogP contribution in [0.15, 0.2) is 38.0 Å². The Kier molecular flexibility index (Phi) is 16.2. The molecule has 0 bridgehead atoms. The Bertz CT molecular complexity index is 772. The topological polar surface area (TPSA) is 161 Å². The van der Waals surface area contributed by atoms with Gasteiger partial charge >= 0.3 is 29.8 Å². The lowest BCUT2D eigenvalue weighted by Crippen LogP contribution is -2.46. The van der Waals surface area contributed by atoms with E-state index in [-0.39, 0.29) is 45.9 Å². The van der Waals surface area contributed by atoms with Crippen molar-refractivity contribution in [1.29, 1.82) is 0 Å². The second-order valence-electron chi connectivity index (χ2n) is 8.11. The lowest BCUT2D eigenvalue weighted by molar-refractivity contribution is -0.169. The minimum absolute atomic E-state index is 0.0646. The van der Waals surface area contributed by atoms with E-state index < -0.39 is 60.5 Å². The SMILES string of the molecule is C=CC(=O)OCC(CO)(COCC(COC(=O)C=C)(COC(=O)CC)COC(=O)CC)COC(=O)C=C. The van der Waals surface area contributed by atoms with Crippen molar-refractivity contribution in [2.24, 2.45) is 10.8 Å². The first-order valence-electron chi connectivity index (χ1n) is 11.4. The number of carbonyl (C=O) groups is 5. The smallest absolute Gasteiger partial charge is 0.330 e. The zero-order chi connectivity index (χ0) is 28.3. The Labute approximate surface area is 216 Å². The van der Waals surface area contributed by atoms with E-state index in [0.29, 0.717) is 0 Å². The van der Waals surface area contributed by atoms with Gasteiger partial charge in [-0.15, -0.1) is 0 Å². The van der Waals surface area contributed by atoms with Crippen LogP contribution in [0.2, 0.25) is 0 Å². The molecule has 0 atom stereocenters. The van der Waals surface area contributed by atoms with Gasteiger partial charge in [-0.3, -0.25) is 9.59 Å². The molecular formula is C25H36O12. The molecule has 0 amide bonds. The van der Waals surface area contributed by atoms with Crippen LogP contribution in [-0.4, -0.2) is 87.8 Å². The summed E-state index contributed by atoms with van der Waals surface area (Å²) in [6.07, 6.45) is 2.90. The predicted molar refractivity (Wildman–Crippen MR) is 129 cm³/mol. The number of hydrogen-bond acceptors (Lipinski definition) is 12. The summed E-state index contributed by atoms with van der Waals surface area (Å²) in [4.78, 5) is 58.6. The summed E-state index contributed by atoms with van der Waals surface area (Å²) in [7, 11) is 0. The summed E-state index contributed by atoms with van der Waals surface area (Å²) in [5, 5.41) is 10.1. The van der Waals surface area contributed by atoms with E-state index in [9.17, 15) is 29.1 Å². The van der Waals surface area contributed by atoms with Crippen molar-refractivity contribution in [1.82, 2.24) is 0 Å². The Morgan fingerprint density at radius 1 is 0.595 bits per heavy atom. The van der Waals surface area contributed by atoms with E-state index in [4.69, 9.17) is 28.4 Å². The van der Waals surface area contributed by atoms with Crippen LogP contribution in [0, 0.1) is 10.8 Å². The van der Waals surface area contributed by atoms with Crippen LogP contribution in [0.3, 0.4) is 0 Å². The van der Waals surface area contributed by atoms with Crippen LogP contribution < -0.4 is 0 Å². The molecule has 37 heavy (non-hydrogen) atoms. The molecule has 12 nitrogen and oxygen atoms in total. The van der Waals surface area contributed by atoms with E-state index in [1.165, 1.54) is 0 Å². The van der Waals surface area contributed by atoms with Crippen LogP contribution in [0.25, 0.3) is 0 Å². The van der Waals surface area contributed by atoms with Crippen molar-refractivity contribution >= 4 is 29.8 Å². The fraction of sp³-hybridized carbons (Fsp3) is 0.560. The Morgan fingerprint density at radius 3 is 1.24 bits per heavy atom. The summed E-state index contributed by atoms with van der Waals surface area (Å²) < 4.78 is 31.5. The molecule has 1 N–H and O–H groups in total. The number of hydrogen-bond donors (Lipinski definition) is 1. The van der Waals surface area contributed by atoms with E-state index in [1.54, 1.807) is 13.8 Å². The first-order chi connectivity index (χ1) is 17.5. The first-order valence-corrected chi connectivity index (χ1v) is 11.4. The van der Waals surface area contributed by atoms with Gasteiger partial charge in [-0.05, 0) is 0 Å². The number of aliphatic hydroxyl groups excluding tert-OH is 1. The van der Waals surface area contributed by atoms with Gasteiger partial charge in [0, 0.05) is 31.1 Å². The maximum Gasteiger partial charge on any atom is 0.330 e. The van der Waals surface area contributed by atoms with Crippen molar-refractivity contribution in [3.05, 3.63) is 38.0 Å². The van der Waals surface area contributed by atoms with Crippen molar-refractivity contribution < 1.29 is 57.5 Å². The minimum Gasteiger partial charge on any atom is -0.465 e. The van der Waals surface area contributed by atoms with Crippen LogP contribution >= 0.6 is 0 Å². The van der Waals surface area contributed by atoms with Crippen LogP contribution in [0.1, 0.15) is 26.7 Å². The monoisotopic (exact) mass is 528 g/mol. The molecule has 0 rings (SSSR count). The molecule has 0 spiro atoms. The molecule has 0 unspecified atom stereocenters. The Morgan fingerprint density at radius 2 is 0.919 bits per heavy atom. The number of aliphatic hydroxyl groups is 1. The molecule has 0 aliphatic carbocycles. The molecule has 12 heteroatoms. The summed E-state index contributed by atoms with van der Waals surface area (Å²) >= 11 is 0. The van der Waals surface area contributed by atoms with Gasteiger partial charge in [0.1, 0.15) is 33.0 Å². The fourth-order valence-electron chi connectivity index (χ4n) is 2.52. The largest absolute Gasteiger partial charge is 0.465 e. The quantitative estimate of drug-likeness (QED) is 0.136. The highest BCUT2D eigenvalue weighted by Crippen LogP contribution is 2.25. The molecule has 0 heterocycles. The molecule has 0 aliphatic heterocycles. The van der Waals surface area contributed by atoms with Crippen molar-refractivity contribution in [2.45, 2.75) is 26.7 Å². The Hall–Kier alpha value is -3.51. The lowest BCUT2D eigenvalue weighted by atomic mass is 9.90. The molecule has 0 aromatic heterocycles. The molecule has 0 radical (unpaired) electrons. The summed E-state index contributed by atoms with van der Waals surface area (Å²) in [5.41, 5.74) is -2.74. The molecule has 208 valence electrons. The maximum atomic E-state index is 11.8. The number of rotatable bonds is 20. The van der Waals surface area contributed by atoms with E-state index in [0.717, 1.165) is 18.2 Å². The third kappa shape index (κ3) is 13.4. The number of carbonyl (C=O) groups excluding carboxylic acids is 5. The molecule has 0 fully saturated rings. The average Bonchev–Trinajstić information content (AvgIpc) is 2.93. The highest BCUT2D eigenvalue weighted by Gasteiger charge is 2.39. The van der Waals surface area contributed by atoms with Gasteiger partial charge in [-0.25, -0.2) is 14.4 Å². The lowest BCUT2D eigenvalue weighted by Gasteiger charge is -2.35. The summed E-state index contributed by atoms with van der Waals surface area (Å²) in [6.45, 7) is 9.93. The van der Waals surface area contributed by atoms with Crippen LogP contribution in [0.5, 0.6) is 0 Å². The van der Waals surface area contributed by atoms with Gasteiger partial charge in [0.25, 0.3) is 0 Å². The van der Waals surface area contributed by atoms with Crippen LogP contribution in [-0.2, 0) is 52.4 Å². The van der Waals surface area contributed by atoms with E-state index >= 15 is 0 Å². The fourth-order valence-corrected chi connectivity index (χ4v) is 2.52. The van der Waals surface area contributed by atoms with Gasteiger partial charge in [0.15, 0.2) is 0 Å². The minimum atomic E-state index is -1.40. The molecule has 0 aromatic rings. The predicted octanol–water partition coefficient (Wildman–Crippen LogP) is 1.06. The summed E-state index contributed by atoms with van der Waals surface area (Å²) in [5.74, 6) is -3.45. The highest BCUT2D eigenvalue weighted by atomic mass is 16.6. The normalized spacial score (nSPS) is 11.0. The zero-order valence-corrected chi connectivity index (χ0v) is 21.4. The van der Waals surface area contributed by atoms with Crippen LogP contribution in [0.4, 0.5) is 0 Å². The molecule has 0 saturated heterocycles. The number of esters is 5. The number of ether oxygens (including phenoxy) is 6. The standard InChI is InChI=1S/C25H36O12/c1-6-19(27)33-14-24(11-26,15-34-20(28)7-2)12-32-13-25(16-35-21(29)8-3,17-36-22(30)9-4)18-37-23(31)10-5/h6-8,26H,1-3,9-18H2,4-5H3. The highest BCUT2D eigenvalue weighted by molar-refractivity contribution is 5.82. The third-order valence-electron chi connectivity index (χ3n) is 4.87. The molecule has 0 aromatic carbocycles. The second kappa shape index (κ2) is 17.8. The molecular weight excluding hydrogens is 492 g/mol. The molecule has 0 saturated carbocycles. The van der Waals surface area contributed by atoms with Crippen molar-refractivity contribution in [3.63, 3.8) is 0 Å². The maximum absolute atomic E-state index is 11.8. The average molecular weight is 529 g/mol. The van der Waals surface area contributed by atoms with E-state index in [2.05, 4.69) is 19.7 Å². The van der Waals surface area contributed by atoms with E-state index in [1.807, 2.05) is 0 Å². The summed E-state index contributed by atoms with van der Waals surface area (Å²) in [6, 6.07) is 0. The van der Waals surface area contributed by atoms with Gasteiger partial charge in [0.05, 0.1) is 30.7 Å². The second-order valence-corrected chi connectivity index (χ2v) is 8.11.